The topological polar surface area (TPSA) is 43.6 Å². The second kappa shape index (κ2) is 7.42. The molecule has 0 saturated carbocycles. The Kier molecular flexibility index (Phi) is 5.08. The molecular formula is C18H20N4S. The van der Waals surface area contributed by atoms with Gasteiger partial charge in [-0.3, -0.25) is 9.55 Å². The van der Waals surface area contributed by atoms with Crippen LogP contribution in [0.25, 0.3) is 5.69 Å². The zero-order valence-electron chi connectivity index (χ0n) is 13.4. The maximum Gasteiger partial charge on any atom is 0.195 e. The number of hydrogen-bond acceptors (Lipinski definition) is 4. The third-order valence-corrected chi connectivity index (χ3v) is 4.76. The van der Waals surface area contributed by atoms with Crippen LogP contribution in [0.3, 0.4) is 0 Å². The largest absolute Gasteiger partial charge is 0.276 e. The second-order valence-electron chi connectivity index (χ2n) is 5.58. The van der Waals surface area contributed by atoms with Crippen molar-refractivity contribution in [2.45, 2.75) is 31.8 Å². The molecule has 5 heteroatoms. The van der Waals surface area contributed by atoms with E-state index < -0.39 is 0 Å². The van der Waals surface area contributed by atoms with E-state index in [1.807, 2.05) is 12.4 Å². The van der Waals surface area contributed by atoms with E-state index in [0.717, 1.165) is 29.4 Å². The van der Waals surface area contributed by atoms with Crippen LogP contribution in [0.2, 0.25) is 0 Å². The molecule has 0 bridgehead atoms. The Morgan fingerprint density at radius 1 is 1.09 bits per heavy atom. The van der Waals surface area contributed by atoms with Gasteiger partial charge in [0.25, 0.3) is 0 Å². The first kappa shape index (κ1) is 15.7. The molecule has 23 heavy (non-hydrogen) atoms. The molecule has 0 atom stereocenters. The average molecular weight is 324 g/mol. The van der Waals surface area contributed by atoms with Crippen LogP contribution in [-0.4, -0.2) is 25.5 Å². The summed E-state index contributed by atoms with van der Waals surface area (Å²) >= 11 is 1.76. The van der Waals surface area contributed by atoms with Gasteiger partial charge in [0.15, 0.2) is 5.16 Å². The van der Waals surface area contributed by atoms with E-state index >= 15 is 0 Å². The minimum atomic E-state index is 0.952. The molecule has 118 valence electrons. The molecule has 0 saturated heterocycles. The molecule has 0 amide bonds. The summed E-state index contributed by atoms with van der Waals surface area (Å²) in [5, 5.41) is 9.32. The molecule has 0 aliphatic carbocycles. The van der Waals surface area contributed by atoms with Crippen molar-refractivity contribution in [1.82, 2.24) is 19.7 Å². The van der Waals surface area contributed by atoms with E-state index in [4.69, 9.17) is 0 Å². The van der Waals surface area contributed by atoms with Gasteiger partial charge in [0, 0.05) is 18.1 Å². The van der Waals surface area contributed by atoms with Gasteiger partial charge in [0.2, 0.25) is 0 Å². The quantitative estimate of drug-likeness (QED) is 0.508. The molecule has 0 unspecified atom stereocenters. The van der Waals surface area contributed by atoms with Gasteiger partial charge < -0.3 is 0 Å². The summed E-state index contributed by atoms with van der Waals surface area (Å²) in [5.41, 5.74) is 4.96. The van der Waals surface area contributed by atoms with Crippen LogP contribution in [0.15, 0.2) is 54.2 Å². The Balaban J connectivity index is 1.64. The fourth-order valence-corrected chi connectivity index (χ4v) is 3.32. The predicted octanol–water partition coefficient (Wildman–Crippen LogP) is 4.00. The molecule has 0 spiro atoms. The van der Waals surface area contributed by atoms with Gasteiger partial charge in [-0.2, -0.15) is 0 Å². The lowest BCUT2D eigenvalue weighted by molar-refractivity contribution is 0.867. The minimum absolute atomic E-state index is 0.952. The Bertz CT molecular complexity index is 768. The van der Waals surface area contributed by atoms with Gasteiger partial charge in [-0.05, 0) is 61.6 Å². The molecule has 0 aliphatic rings. The third kappa shape index (κ3) is 3.99. The summed E-state index contributed by atoms with van der Waals surface area (Å²) in [4.78, 5) is 4.05. The van der Waals surface area contributed by atoms with E-state index in [-0.39, 0.29) is 0 Å². The first-order valence-electron chi connectivity index (χ1n) is 7.73. The number of aryl methyl sites for hydroxylation is 3. The number of pyridine rings is 1. The highest BCUT2D eigenvalue weighted by Crippen LogP contribution is 2.23. The highest BCUT2D eigenvalue weighted by Gasteiger charge is 2.09. The number of hydrogen-bond donors (Lipinski definition) is 0. The van der Waals surface area contributed by atoms with Gasteiger partial charge >= 0.3 is 0 Å². The summed E-state index contributed by atoms with van der Waals surface area (Å²) in [6.45, 7) is 4.22. The number of rotatable bonds is 6. The van der Waals surface area contributed by atoms with Crippen molar-refractivity contribution < 1.29 is 0 Å². The van der Waals surface area contributed by atoms with Gasteiger partial charge in [-0.25, -0.2) is 0 Å². The van der Waals surface area contributed by atoms with Crippen LogP contribution in [-0.2, 0) is 6.42 Å². The molecular weight excluding hydrogens is 304 g/mol. The fraction of sp³-hybridized carbons (Fsp3) is 0.278. The molecule has 2 aromatic heterocycles. The summed E-state index contributed by atoms with van der Waals surface area (Å²) in [6, 6.07) is 10.6. The molecule has 0 aliphatic heterocycles. The number of thioether (sulfide) groups is 1. The Labute approximate surface area is 141 Å². The molecule has 0 radical (unpaired) electrons. The monoisotopic (exact) mass is 324 g/mol. The molecule has 0 fully saturated rings. The number of aromatic nitrogens is 4. The summed E-state index contributed by atoms with van der Waals surface area (Å²) in [7, 11) is 0. The predicted molar refractivity (Wildman–Crippen MR) is 94.1 cm³/mol. The third-order valence-electron chi connectivity index (χ3n) is 3.73. The zero-order valence-corrected chi connectivity index (χ0v) is 14.3. The second-order valence-corrected chi connectivity index (χ2v) is 6.64. The van der Waals surface area contributed by atoms with Gasteiger partial charge in [0.1, 0.15) is 6.33 Å². The number of benzene rings is 1. The van der Waals surface area contributed by atoms with Crippen molar-refractivity contribution >= 4 is 11.8 Å². The lowest BCUT2D eigenvalue weighted by Crippen LogP contribution is -1.99. The van der Waals surface area contributed by atoms with Crippen molar-refractivity contribution in [2.24, 2.45) is 0 Å². The lowest BCUT2D eigenvalue weighted by atomic mass is 10.1. The van der Waals surface area contributed by atoms with Crippen molar-refractivity contribution in [3.8, 4) is 5.69 Å². The minimum Gasteiger partial charge on any atom is -0.276 e. The number of nitrogens with zero attached hydrogens (tertiary/aromatic N) is 4. The van der Waals surface area contributed by atoms with Gasteiger partial charge in [-0.1, -0.05) is 23.9 Å². The first-order valence-corrected chi connectivity index (χ1v) is 8.72. The molecule has 0 N–H and O–H groups in total. The van der Waals surface area contributed by atoms with Crippen molar-refractivity contribution in [2.75, 3.05) is 5.75 Å². The summed E-state index contributed by atoms with van der Waals surface area (Å²) in [5.74, 6) is 1.02. The normalized spacial score (nSPS) is 10.9. The maximum atomic E-state index is 4.27. The molecule has 4 nitrogen and oxygen atoms in total. The van der Waals surface area contributed by atoms with E-state index in [0.29, 0.717) is 0 Å². The van der Waals surface area contributed by atoms with Crippen LogP contribution in [0.5, 0.6) is 0 Å². The molecule has 3 rings (SSSR count). The summed E-state index contributed by atoms with van der Waals surface area (Å²) in [6.07, 6.45) is 7.66. The van der Waals surface area contributed by atoms with E-state index in [1.165, 1.54) is 16.7 Å². The average Bonchev–Trinajstić information content (AvgIpc) is 3.03. The van der Waals surface area contributed by atoms with E-state index in [2.05, 4.69) is 63.9 Å². The zero-order chi connectivity index (χ0) is 16.1. The smallest absolute Gasteiger partial charge is 0.195 e. The van der Waals surface area contributed by atoms with Crippen LogP contribution in [0, 0.1) is 13.8 Å². The van der Waals surface area contributed by atoms with Gasteiger partial charge in [0.05, 0.1) is 5.69 Å². The molecule has 1 aromatic carbocycles. The van der Waals surface area contributed by atoms with Crippen LogP contribution in [0.4, 0.5) is 0 Å². The SMILES string of the molecule is Cc1ccc(C)c(-n2cnnc2SCCCc2ccncc2)c1. The first-order chi connectivity index (χ1) is 11.2. The standard InChI is InChI=1S/C18H20N4S/c1-14-5-6-15(2)17(12-14)22-13-20-21-18(22)23-11-3-4-16-7-9-19-10-8-16/h5-10,12-13H,3-4,11H2,1-2H3. The Hall–Kier alpha value is -2.14. The van der Waals surface area contributed by atoms with Gasteiger partial charge in [-0.15, -0.1) is 10.2 Å². The highest BCUT2D eigenvalue weighted by molar-refractivity contribution is 7.99. The van der Waals surface area contributed by atoms with Crippen molar-refractivity contribution in [1.29, 1.82) is 0 Å². The Morgan fingerprint density at radius 2 is 1.91 bits per heavy atom. The molecule has 3 aromatic rings. The lowest BCUT2D eigenvalue weighted by Gasteiger charge is -2.10. The van der Waals surface area contributed by atoms with Crippen LogP contribution >= 0.6 is 11.8 Å². The van der Waals surface area contributed by atoms with Crippen LogP contribution < -0.4 is 0 Å². The maximum absolute atomic E-state index is 4.27. The Morgan fingerprint density at radius 3 is 2.74 bits per heavy atom. The molecule has 2 heterocycles. The van der Waals surface area contributed by atoms with Crippen molar-refractivity contribution in [3.63, 3.8) is 0 Å². The highest BCUT2D eigenvalue weighted by atomic mass is 32.2. The summed E-state index contributed by atoms with van der Waals surface area (Å²) < 4.78 is 2.08. The van der Waals surface area contributed by atoms with Crippen LogP contribution in [0.1, 0.15) is 23.1 Å². The van der Waals surface area contributed by atoms with E-state index in [1.54, 1.807) is 18.1 Å². The van der Waals surface area contributed by atoms with E-state index in [9.17, 15) is 0 Å². The van der Waals surface area contributed by atoms with Crippen molar-refractivity contribution in [3.05, 3.63) is 65.7 Å². The fourth-order valence-electron chi connectivity index (χ4n) is 2.46.